The normalized spacial score (nSPS) is 16.7. The molecule has 6 nitrogen and oxygen atoms in total. The lowest BCUT2D eigenvalue weighted by atomic mass is 10.0. The number of hydrogen-bond acceptors (Lipinski definition) is 6. The summed E-state index contributed by atoms with van der Waals surface area (Å²) in [5.41, 5.74) is 2.93. The minimum Gasteiger partial charge on any atom is -0.490 e. The third-order valence-corrected chi connectivity index (χ3v) is 6.43. The monoisotopic (exact) mass is 469 g/mol. The molecule has 1 saturated heterocycles. The number of β-amino-alcohol motifs (C(OH)–C–C–N with tert-alkyl or cyclic N) is 1. The zero-order valence-electron chi connectivity index (χ0n) is 19.7. The van der Waals surface area contributed by atoms with E-state index in [0.29, 0.717) is 6.54 Å². The highest BCUT2D eigenvalue weighted by Crippen LogP contribution is 2.29. The molecule has 6 heteroatoms. The Morgan fingerprint density at radius 2 is 1.66 bits per heavy atom. The molecule has 0 spiro atoms. The number of ether oxygens (including phenoxy) is 2. The molecule has 2 unspecified atom stereocenters. The molecule has 1 N–H and O–H groups in total. The van der Waals surface area contributed by atoms with E-state index in [1.54, 1.807) is 6.20 Å². The summed E-state index contributed by atoms with van der Waals surface area (Å²) in [7, 11) is 0. The molecule has 0 bridgehead atoms. The average molecular weight is 470 g/mol. The van der Waals surface area contributed by atoms with E-state index in [1.165, 1.54) is 0 Å². The molecule has 5 rings (SSSR count). The minimum absolute atomic E-state index is 0.148. The van der Waals surface area contributed by atoms with Crippen LogP contribution in [0.3, 0.4) is 0 Å². The molecule has 2 aromatic heterocycles. The van der Waals surface area contributed by atoms with Gasteiger partial charge >= 0.3 is 0 Å². The highest BCUT2D eigenvalue weighted by Gasteiger charge is 2.26. The van der Waals surface area contributed by atoms with Gasteiger partial charge in [0.15, 0.2) is 0 Å². The second-order valence-corrected chi connectivity index (χ2v) is 8.97. The Balaban J connectivity index is 1.13. The van der Waals surface area contributed by atoms with Crippen LogP contribution in [0.2, 0.25) is 0 Å². The smallest absolute Gasteiger partial charge is 0.128 e. The van der Waals surface area contributed by atoms with Gasteiger partial charge in [0.25, 0.3) is 0 Å². The molecule has 35 heavy (non-hydrogen) atoms. The first kappa shape index (κ1) is 23.4. The predicted octanol–water partition coefficient (Wildman–Crippen LogP) is 4.64. The molecule has 2 atom stereocenters. The van der Waals surface area contributed by atoms with Crippen LogP contribution in [0, 0.1) is 0 Å². The van der Waals surface area contributed by atoms with Crippen molar-refractivity contribution in [2.24, 2.45) is 0 Å². The quantitative estimate of drug-likeness (QED) is 0.385. The van der Waals surface area contributed by atoms with Gasteiger partial charge in [0.1, 0.15) is 24.6 Å². The Labute approximate surface area is 206 Å². The van der Waals surface area contributed by atoms with E-state index in [-0.39, 0.29) is 18.8 Å². The third-order valence-electron chi connectivity index (χ3n) is 6.43. The maximum atomic E-state index is 10.6. The van der Waals surface area contributed by atoms with Gasteiger partial charge in [-0.05, 0) is 54.8 Å². The van der Waals surface area contributed by atoms with Crippen LogP contribution in [0.5, 0.6) is 5.75 Å². The van der Waals surface area contributed by atoms with Crippen LogP contribution in [0.4, 0.5) is 0 Å². The molecule has 0 aliphatic carbocycles. The van der Waals surface area contributed by atoms with Crippen LogP contribution in [0.25, 0.3) is 10.9 Å². The van der Waals surface area contributed by atoms with Gasteiger partial charge < -0.3 is 19.5 Å². The molecule has 1 fully saturated rings. The largest absolute Gasteiger partial charge is 0.490 e. The molecule has 3 heterocycles. The van der Waals surface area contributed by atoms with Gasteiger partial charge in [-0.3, -0.25) is 9.97 Å². The molecule has 1 aliphatic rings. The van der Waals surface area contributed by atoms with Gasteiger partial charge in [-0.1, -0.05) is 42.5 Å². The van der Waals surface area contributed by atoms with Gasteiger partial charge in [0.2, 0.25) is 0 Å². The first-order valence-corrected chi connectivity index (χ1v) is 12.2. The predicted molar refractivity (Wildman–Crippen MR) is 136 cm³/mol. The summed E-state index contributed by atoms with van der Waals surface area (Å²) in [6, 6.07) is 25.9. The van der Waals surface area contributed by atoms with Crippen molar-refractivity contribution < 1.29 is 14.6 Å². The summed E-state index contributed by atoms with van der Waals surface area (Å²) in [5.74, 6) is 0.753. The molecule has 0 saturated carbocycles. The summed E-state index contributed by atoms with van der Waals surface area (Å²) >= 11 is 0. The first-order chi connectivity index (χ1) is 17.3. The summed E-state index contributed by atoms with van der Waals surface area (Å²) in [5, 5.41) is 11.6. The number of nitrogens with zero attached hydrogens (tertiary/aromatic N) is 3. The van der Waals surface area contributed by atoms with E-state index in [9.17, 15) is 5.11 Å². The van der Waals surface area contributed by atoms with Crippen molar-refractivity contribution in [1.82, 2.24) is 14.9 Å². The molecule has 4 aromatic rings. The van der Waals surface area contributed by atoms with E-state index in [2.05, 4.69) is 27.0 Å². The number of aliphatic hydroxyl groups excluding tert-OH is 1. The molecule has 1 aliphatic heterocycles. The van der Waals surface area contributed by atoms with E-state index in [0.717, 1.165) is 53.8 Å². The van der Waals surface area contributed by atoms with Gasteiger partial charge in [0.05, 0.1) is 17.3 Å². The molecule has 0 radical (unpaired) electrons. The fourth-order valence-corrected chi connectivity index (χ4v) is 4.64. The lowest BCUT2D eigenvalue weighted by Crippen LogP contribution is -2.42. The Kier molecular flexibility index (Phi) is 7.63. The fourth-order valence-electron chi connectivity index (χ4n) is 4.64. The van der Waals surface area contributed by atoms with E-state index in [4.69, 9.17) is 9.47 Å². The van der Waals surface area contributed by atoms with Crippen molar-refractivity contribution in [2.45, 2.75) is 31.2 Å². The SMILES string of the molecule is OC(COc1cccc2ncccc12)CN1CCC(OC(c2ccccc2)c2ccccn2)CC1. The van der Waals surface area contributed by atoms with Crippen molar-refractivity contribution in [1.29, 1.82) is 0 Å². The van der Waals surface area contributed by atoms with Crippen LogP contribution < -0.4 is 4.74 Å². The maximum absolute atomic E-state index is 10.6. The van der Waals surface area contributed by atoms with Crippen LogP contribution >= 0.6 is 0 Å². The number of piperidine rings is 1. The Hall–Kier alpha value is -3.32. The number of aromatic nitrogens is 2. The number of benzene rings is 2. The molecule has 2 aromatic carbocycles. The van der Waals surface area contributed by atoms with Gasteiger partial charge in [-0.15, -0.1) is 0 Å². The van der Waals surface area contributed by atoms with Crippen molar-refractivity contribution >= 4 is 10.9 Å². The number of aliphatic hydroxyl groups is 1. The number of hydrogen-bond donors (Lipinski definition) is 1. The van der Waals surface area contributed by atoms with Crippen molar-refractivity contribution in [2.75, 3.05) is 26.2 Å². The highest BCUT2D eigenvalue weighted by molar-refractivity contribution is 5.84. The Morgan fingerprint density at radius 3 is 2.46 bits per heavy atom. The van der Waals surface area contributed by atoms with Crippen LogP contribution in [-0.4, -0.2) is 58.4 Å². The van der Waals surface area contributed by atoms with Crippen molar-refractivity contribution in [3.8, 4) is 5.75 Å². The van der Waals surface area contributed by atoms with Gasteiger partial charge in [0, 0.05) is 37.4 Å². The number of likely N-dealkylation sites (tertiary alicyclic amines) is 1. The van der Waals surface area contributed by atoms with E-state index >= 15 is 0 Å². The van der Waals surface area contributed by atoms with E-state index in [1.807, 2.05) is 72.9 Å². The fraction of sp³-hybridized carbons (Fsp3) is 0.310. The van der Waals surface area contributed by atoms with Crippen molar-refractivity contribution in [3.05, 3.63) is 103 Å². The lowest BCUT2D eigenvalue weighted by Gasteiger charge is -2.34. The second-order valence-electron chi connectivity index (χ2n) is 8.97. The summed E-state index contributed by atoms with van der Waals surface area (Å²) in [6.07, 6.45) is 4.82. The lowest BCUT2D eigenvalue weighted by molar-refractivity contribution is -0.0359. The molecule has 0 amide bonds. The molecule has 180 valence electrons. The minimum atomic E-state index is -0.565. The highest BCUT2D eigenvalue weighted by atomic mass is 16.5. The summed E-state index contributed by atoms with van der Waals surface area (Å²) < 4.78 is 12.5. The topological polar surface area (TPSA) is 67.7 Å². The number of fused-ring (bicyclic) bond motifs is 1. The molecular formula is C29H31N3O3. The van der Waals surface area contributed by atoms with Gasteiger partial charge in [-0.25, -0.2) is 0 Å². The second kappa shape index (κ2) is 11.4. The summed E-state index contributed by atoms with van der Waals surface area (Å²) in [4.78, 5) is 11.2. The standard InChI is InChI=1S/C29H31N3O3/c33-23(21-34-28-13-6-12-26-25(28)10-7-17-30-26)20-32-18-14-24(15-19-32)35-29(22-8-2-1-3-9-22)27-11-4-5-16-31-27/h1-13,16-17,23-24,29,33H,14-15,18-21H2. The van der Waals surface area contributed by atoms with Crippen LogP contribution in [0.15, 0.2) is 91.3 Å². The third kappa shape index (κ3) is 6.03. The molecular weight excluding hydrogens is 438 g/mol. The van der Waals surface area contributed by atoms with Crippen LogP contribution in [0.1, 0.15) is 30.2 Å². The average Bonchev–Trinajstić information content (AvgIpc) is 2.92. The maximum Gasteiger partial charge on any atom is 0.128 e. The zero-order chi connectivity index (χ0) is 23.9. The first-order valence-electron chi connectivity index (χ1n) is 12.2. The van der Waals surface area contributed by atoms with Crippen LogP contribution in [-0.2, 0) is 4.74 Å². The number of rotatable bonds is 9. The Morgan fingerprint density at radius 1 is 0.857 bits per heavy atom. The van der Waals surface area contributed by atoms with Gasteiger partial charge in [-0.2, -0.15) is 0 Å². The van der Waals surface area contributed by atoms with E-state index < -0.39 is 6.10 Å². The number of pyridine rings is 2. The zero-order valence-corrected chi connectivity index (χ0v) is 19.7. The Bertz CT molecular complexity index is 1150. The summed E-state index contributed by atoms with van der Waals surface area (Å²) in [6.45, 7) is 2.59. The van der Waals surface area contributed by atoms with Crippen molar-refractivity contribution in [3.63, 3.8) is 0 Å².